The molecule has 1 aromatic carbocycles. The van der Waals surface area contributed by atoms with Crippen molar-refractivity contribution in [2.75, 3.05) is 19.8 Å². The van der Waals surface area contributed by atoms with E-state index in [2.05, 4.69) is 27.5 Å². The van der Waals surface area contributed by atoms with Gasteiger partial charge >= 0.3 is 5.97 Å². The van der Waals surface area contributed by atoms with Crippen molar-refractivity contribution in [1.82, 2.24) is 4.57 Å². The van der Waals surface area contributed by atoms with Gasteiger partial charge in [-0.2, -0.15) is 0 Å². The largest absolute Gasteiger partial charge is 0.490 e. The van der Waals surface area contributed by atoms with Crippen molar-refractivity contribution in [1.29, 1.82) is 0 Å². The number of thiazole rings is 1. The highest BCUT2D eigenvalue weighted by atomic mass is 79.9. The second kappa shape index (κ2) is 11.1. The van der Waals surface area contributed by atoms with Crippen LogP contribution in [0.25, 0.3) is 6.08 Å². The number of benzene rings is 1. The zero-order valence-electron chi connectivity index (χ0n) is 20.1. The molecule has 0 bridgehead atoms. The Kier molecular flexibility index (Phi) is 7.95. The standard InChI is InChI=1S/C26H25BrN2O6S/c1-5-12-34-18-10-8-16(13-19(18)32-6-2)23-22(25(31)33-7-3)15(4)28-26-29(23)24(30)20(36-26)14-17-9-11-21(27)35-17/h5,8-11,13-14,23H,1,6-7,12H2,2-4H3/t23-/m1/s1. The number of halogens is 1. The van der Waals surface area contributed by atoms with Gasteiger partial charge in [0.15, 0.2) is 21.0 Å². The zero-order valence-corrected chi connectivity index (χ0v) is 22.5. The van der Waals surface area contributed by atoms with Gasteiger partial charge in [0.2, 0.25) is 0 Å². The summed E-state index contributed by atoms with van der Waals surface area (Å²) in [6.45, 7) is 9.94. The number of furan rings is 1. The van der Waals surface area contributed by atoms with Gasteiger partial charge in [0.05, 0.1) is 35.1 Å². The summed E-state index contributed by atoms with van der Waals surface area (Å²) >= 11 is 4.50. The monoisotopic (exact) mass is 572 g/mol. The molecule has 3 aromatic rings. The quantitative estimate of drug-likeness (QED) is 0.283. The Morgan fingerprint density at radius 2 is 2.03 bits per heavy atom. The normalized spacial score (nSPS) is 15.3. The summed E-state index contributed by atoms with van der Waals surface area (Å²) in [4.78, 5) is 31.8. The molecule has 0 unspecified atom stereocenters. The number of nitrogens with zero attached hydrogens (tertiary/aromatic N) is 2. The molecule has 0 spiro atoms. The van der Waals surface area contributed by atoms with Crippen molar-refractivity contribution in [3.05, 3.63) is 89.9 Å². The van der Waals surface area contributed by atoms with Gasteiger partial charge in [0.25, 0.3) is 5.56 Å². The highest BCUT2D eigenvalue weighted by molar-refractivity contribution is 9.10. The Hall–Kier alpha value is -3.37. The predicted octanol–water partition coefficient (Wildman–Crippen LogP) is 4.12. The molecule has 4 rings (SSSR count). The van der Waals surface area contributed by atoms with Gasteiger partial charge in [-0.3, -0.25) is 9.36 Å². The first kappa shape index (κ1) is 25.7. The number of allylic oxidation sites excluding steroid dienone is 1. The maximum Gasteiger partial charge on any atom is 0.338 e. The van der Waals surface area contributed by atoms with Crippen LogP contribution in [-0.2, 0) is 9.53 Å². The molecule has 0 aliphatic carbocycles. The van der Waals surface area contributed by atoms with Crippen LogP contribution in [0.3, 0.4) is 0 Å². The van der Waals surface area contributed by atoms with E-state index in [1.807, 2.05) is 13.0 Å². The molecule has 36 heavy (non-hydrogen) atoms. The number of aromatic nitrogens is 1. The van der Waals surface area contributed by atoms with Crippen LogP contribution >= 0.6 is 27.3 Å². The van der Waals surface area contributed by atoms with Crippen LogP contribution in [0.15, 0.2) is 73.1 Å². The van der Waals surface area contributed by atoms with Crippen molar-refractivity contribution >= 4 is 39.3 Å². The molecule has 1 aliphatic heterocycles. The van der Waals surface area contributed by atoms with Crippen molar-refractivity contribution in [3.63, 3.8) is 0 Å². The van der Waals surface area contributed by atoms with E-state index in [9.17, 15) is 9.59 Å². The molecule has 0 fully saturated rings. The molecule has 0 amide bonds. The van der Waals surface area contributed by atoms with Gasteiger partial charge in [0.1, 0.15) is 12.4 Å². The lowest BCUT2D eigenvalue weighted by Crippen LogP contribution is -2.40. The minimum atomic E-state index is -0.765. The first-order valence-corrected chi connectivity index (χ1v) is 12.9. The maximum atomic E-state index is 13.6. The average Bonchev–Trinajstić information content (AvgIpc) is 3.39. The molecule has 188 valence electrons. The van der Waals surface area contributed by atoms with Crippen LogP contribution in [0.1, 0.15) is 38.1 Å². The van der Waals surface area contributed by atoms with Crippen LogP contribution in [0.4, 0.5) is 0 Å². The fourth-order valence-corrected chi connectivity index (χ4v) is 5.22. The number of esters is 1. The number of carbonyl (C=O) groups is 1. The van der Waals surface area contributed by atoms with Crippen molar-refractivity contribution in [2.24, 2.45) is 4.99 Å². The van der Waals surface area contributed by atoms with E-state index in [-0.39, 0.29) is 12.2 Å². The minimum absolute atomic E-state index is 0.193. The highest BCUT2D eigenvalue weighted by Crippen LogP contribution is 2.36. The molecule has 0 saturated carbocycles. The van der Waals surface area contributed by atoms with Gasteiger partial charge in [0, 0.05) is 6.08 Å². The van der Waals surface area contributed by atoms with Crippen LogP contribution in [0.5, 0.6) is 11.5 Å². The summed E-state index contributed by atoms with van der Waals surface area (Å²) in [5.74, 6) is 1.03. The third-order valence-corrected chi connectivity index (χ3v) is 6.73. The van der Waals surface area contributed by atoms with E-state index in [0.29, 0.717) is 61.3 Å². The van der Waals surface area contributed by atoms with Crippen LogP contribution in [0.2, 0.25) is 0 Å². The van der Waals surface area contributed by atoms with Crippen molar-refractivity contribution in [3.8, 4) is 11.5 Å². The van der Waals surface area contributed by atoms with E-state index in [1.54, 1.807) is 50.3 Å². The van der Waals surface area contributed by atoms with Crippen LogP contribution in [0, 0.1) is 0 Å². The summed E-state index contributed by atoms with van der Waals surface area (Å²) in [5, 5.41) is 0. The third kappa shape index (κ3) is 5.10. The van der Waals surface area contributed by atoms with Gasteiger partial charge in [-0.15, -0.1) is 0 Å². The number of fused-ring (bicyclic) bond motifs is 1. The number of ether oxygens (including phenoxy) is 3. The Balaban J connectivity index is 1.93. The summed E-state index contributed by atoms with van der Waals surface area (Å²) in [6.07, 6.45) is 3.30. The molecular formula is C26H25BrN2O6S. The van der Waals surface area contributed by atoms with Gasteiger partial charge in [-0.25, -0.2) is 9.79 Å². The first-order valence-electron chi connectivity index (χ1n) is 11.3. The SMILES string of the molecule is C=CCOc1ccc([C@@H]2C(C(=O)OCC)=C(C)N=c3sc(=Cc4ccc(Br)o4)c(=O)n32)cc1OCC. The smallest absolute Gasteiger partial charge is 0.338 e. The molecule has 3 heterocycles. The van der Waals surface area contributed by atoms with Crippen LogP contribution < -0.4 is 24.4 Å². The van der Waals surface area contributed by atoms with E-state index >= 15 is 0 Å². The number of hydrogen-bond donors (Lipinski definition) is 0. The van der Waals surface area contributed by atoms with Gasteiger partial charge in [-0.1, -0.05) is 30.1 Å². The van der Waals surface area contributed by atoms with E-state index in [0.717, 1.165) is 0 Å². The average molecular weight is 573 g/mol. The Bertz CT molecular complexity index is 1510. The molecule has 1 atom stereocenters. The van der Waals surface area contributed by atoms with E-state index in [4.69, 9.17) is 18.6 Å². The molecule has 10 heteroatoms. The first-order chi connectivity index (χ1) is 17.4. The number of rotatable bonds is 9. The van der Waals surface area contributed by atoms with Crippen molar-refractivity contribution in [2.45, 2.75) is 26.8 Å². The fourth-order valence-electron chi connectivity index (χ4n) is 3.87. The Labute approximate surface area is 220 Å². The lowest BCUT2D eigenvalue weighted by molar-refractivity contribution is -0.139. The maximum absolute atomic E-state index is 13.6. The van der Waals surface area contributed by atoms with Gasteiger partial charge < -0.3 is 18.6 Å². The summed E-state index contributed by atoms with van der Waals surface area (Å²) in [5.41, 5.74) is 1.14. The van der Waals surface area contributed by atoms with E-state index in [1.165, 1.54) is 15.9 Å². The van der Waals surface area contributed by atoms with Gasteiger partial charge in [-0.05, 0) is 66.5 Å². The molecule has 2 aromatic heterocycles. The third-order valence-electron chi connectivity index (χ3n) is 5.32. The van der Waals surface area contributed by atoms with E-state index < -0.39 is 12.0 Å². The lowest BCUT2D eigenvalue weighted by Gasteiger charge is -2.25. The predicted molar refractivity (Wildman–Crippen MR) is 140 cm³/mol. The molecule has 0 saturated heterocycles. The topological polar surface area (TPSA) is 92.3 Å². The minimum Gasteiger partial charge on any atom is -0.490 e. The fraction of sp³-hybridized carbons (Fsp3) is 0.269. The highest BCUT2D eigenvalue weighted by Gasteiger charge is 2.34. The van der Waals surface area contributed by atoms with Crippen molar-refractivity contribution < 1.29 is 23.4 Å². The zero-order chi connectivity index (χ0) is 25.8. The number of hydrogen-bond acceptors (Lipinski definition) is 8. The molecule has 8 nitrogen and oxygen atoms in total. The summed E-state index contributed by atoms with van der Waals surface area (Å²) < 4.78 is 25.0. The molecule has 0 radical (unpaired) electrons. The summed E-state index contributed by atoms with van der Waals surface area (Å²) in [7, 11) is 0. The van der Waals surface area contributed by atoms with Crippen LogP contribution in [-0.4, -0.2) is 30.4 Å². The Morgan fingerprint density at radius 1 is 1.22 bits per heavy atom. The number of carbonyl (C=O) groups excluding carboxylic acids is 1. The summed E-state index contributed by atoms with van der Waals surface area (Å²) in [6, 6.07) is 8.10. The second-order valence-electron chi connectivity index (χ2n) is 7.68. The second-order valence-corrected chi connectivity index (χ2v) is 9.47. The molecular weight excluding hydrogens is 548 g/mol. The lowest BCUT2D eigenvalue weighted by atomic mass is 9.95. The Morgan fingerprint density at radius 3 is 2.69 bits per heavy atom. The molecule has 0 N–H and O–H groups in total. The molecule has 1 aliphatic rings.